The van der Waals surface area contributed by atoms with Gasteiger partial charge in [-0.3, -0.25) is 9.89 Å². The maximum Gasteiger partial charge on any atom is 0.191 e. The minimum atomic E-state index is -0.356. The number of rotatable bonds is 6. The van der Waals surface area contributed by atoms with Gasteiger partial charge in [0.15, 0.2) is 17.5 Å². The molecule has 0 aromatic heterocycles. The zero-order valence-corrected chi connectivity index (χ0v) is 17.8. The van der Waals surface area contributed by atoms with E-state index in [1.54, 1.807) is 13.1 Å². The molecule has 3 rings (SSSR count). The Morgan fingerprint density at radius 1 is 1.19 bits per heavy atom. The van der Waals surface area contributed by atoms with Gasteiger partial charge in [-0.25, -0.2) is 8.78 Å². The van der Waals surface area contributed by atoms with Crippen LogP contribution in [0.25, 0.3) is 0 Å². The average molecular weight is 427 g/mol. The first-order valence-electron chi connectivity index (χ1n) is 10.2. The highest BCUT2D eigenvalue weighted by atomic mass is 19.1. The smallest absolute Gasteiger partial charge is 0.191 e. The molecule has 2 aromatic rings. The predicted octanol–water partition coefficient (Wildman–Crippen LogP) is 3.17. The fourth-order valence-electron chi connectivity index (χ4n) is 3.65. The Kier molecular flexibility index (Phi) is 7.79. The molecule has 0 spiro atoms. The first-order valence-corrected chi connectivity index (χ1v) is 10.2. The fourth-order valence-corrected chi connectivity index (χ4v) is 3.65. The zero-order chi connectivity index (χ0) is 22.2. The molecular weight excluding hydrogens is 400 g/mol. The average Bonchev–Trinajstić information content (AvgIpc) is 2.79. The lowest BCUT2D eigenvalue weighted by Crippen LogP contribution is -2.48. The first-order chi connectivity index (χ1) is 15.0. The van der Waals surface area contributed by atoms with Gasteiger partial charge in [-0.2, -0.15) is 5.26 Å². The van der Waals surface area contributed by atoms with Crippen LogP contribution in [0.3, 0.4) is 0 Å². The molecule has 2 N–H and O–H groups in total. The van der Waals surface area contributed by atoms with Crippen LogP contribution in [-0.4, -0.2) is 44.1 Å². The monoisotopic (exact) mass is 427 g/mol. The zero-order valence-electron chi connectivity index (χ0n) is 17.8. The highest BCUT2D eigenvalue weighted by Crippen LogP contribution is 2.20. The third-order valence-corrected chi connectivity index (χ3v) is 5.40. The van der Waals surface area contributed by atoms with E-state index in [1.165, 1.54) is 31.4 Å². The van der Waals surface area contributed by atoms with E-state index in [-0.39, 0.29) is 30.0 Å². The Hall–Kier alpha value is -3.18. The van der Waals surface area contributed by atoms with Gasteiger partial charge in [0.25, 0.3) is 0 Å². The number of hydrogen-bond acceptors (Lipinski definition) is 4. The van der Waals surface area contributed by atoms with Crippen LogP contribution in [0.5, 0.6) is 5.75 Å². The molecular formula is C23H27F2N5O. The van der Waals surface area contributed by atoms with Crippen LogP contribution in [0.2, 0.25) is 0 Å². The third kappa shape index (κ3) is 6.15. The van der Waals surface area contributed by atoms with Crippen LogP contribution in [-0.2, 0) is 13.1 Å². The van der Waals surface area contributed by atoms with Crippen LogP contribution < -0.4 is 15.4 Å². The molecule has 1 aliphatic heterocycles. The van der Waals surface area contributed by atoms with Crippen molar-refractivity contribution >= 4 is 5.96 Å². The van der Waals surface area contributed by atoms with Crippen molar-refractivity contribution in [3.8, 4) is 11.8 Å². The molecule has 0 saturated carbocycles. The molecule has 31 heavy (non-hydrogen) atoms. The van der Waals surface area contributed by atoms with Gasteiger partial charge in [0, 0.05) is 44.8 Å². The molecule has 0 unspecified atom stereocenters. The fraction of sp³-hybridized carbons (Fsp3) is 0.391. The van der Waals surface area contributed by atoms with Crippen molar-refractivity contribution < 1.29 is 13.5 Å². The topological polar surface area (TPSA) is 72.7 Å². The number of guanidine groups is 1. The quantitative estimate of drug-likeness (QED) is 0.547. The Balaban J connectivity index is 1.47. The van der Waals surface area contributed by atoms with Gasteiger partial charge in [-0.05, 0) is 48.7 Å². The highest BCUT2D eigenvalue weighted by Gasteiger charge is 2.20. The molecule has 1 heterocycles. The van der Waals surface area contributed by atoms with E-state index in [9.17, 15) is 8.78 Å². The lowest BCUT2D eigenvalue weighted by Gasteiger charge is -2.33. The minimum absolute atomic E-state index is 0.239. The Bertz CT molecular complexity index is 965. The molecule has 8 heteroatoms. The van der Waals surface area contributed by atoms with E-state index in [4.69, 9.17) is 10.00 Å². The summed E-state index contributed by atoms with van der Waals surface area (Å²) in [6.45, 7) is 2.68. The van der Waals surface area contributed by atoms with Crippen LogP contribution in [0, 0.1) is 23.0 Å². The lowest BCUT2D eigenvalue weighted by atomic mass is 10.0. The van der Waals surface area contributed by atoms with Gasteiger partial charge in [0.05, 0.1) is 18.7 Å². The number of nitrogens with zero attached hydrogens (tertiary/aromatic N) is 3. The number of likely N-dealkylation sites (tertiary alicyclic amines) is 1. The molecule has 6 nitrogen and oxygen atoms in total. The number of aliphatic imine (C=N–C) groups is 1. The maximum absolute atomic E-state index is 14.0. The van der Waals surface area contributed by atoms with Crippen molar-refractivity contribution in [1.29, 1.82) is 5.26 Å². The number of ether oxygens (including phenoxy) is 1. The third-order valence-electron chi connectivity index (χ3n) is 5.40. The Labute approximate surface area is 181 Å². The van der Waals surface area contributed by atoms with Gasteiger partial charge in [0.1, 0.15) is 5.82 Å². The second-order valence-electron chi connectivity index (χ2n) is 7.51. The van der Waals surface area contributed by atoms with Crippen molar-refractivity contribution in [3.05, 3.63) is 64.7 Å². The van der Waals surface area contributed by atoms with E-state index < -0.39 is 0 Å². The minimum Gasteiger partial charge on any atom is -0.494 e. The number of halogens is 2. The van der Waals surface area contributed by atoms with Crippen molar-refractivity contribution in [2.75, 3.05) is 27.2 Å². The van der Waals surface area contributed by atoms with Crippen LogP contribution in [0.4, 0.5) is 8.78 Å². The van der Waals surface area contributed by atoms with Crippen molar-refractivity contribution in [3.63, 3.8) is 0 Å². The Morgan fingerprint density at radius 3 is 2.61 bits per heavy atom. The number of methoxy groups -OCH3 is 1. The van der Waals surface area contributed by atoms with Gasteiger partial charge in [0.2, 0.25) is 0 Å². The highest BCUT2D eigenvalue weighted by molar-refractivity contribution is 5.80. The van der Waals surface area contributed by atoms with Crippen LogP contribution in [0.1, 0.15) is 29.5 Å². The second-order valence-corrected chi connectivity index (χ2v) is 7.51. The largest absolute Gasteiger partial charge is 0.494 e. The van der Waals surface area contributed by atoms with Gasteiger partial charge >= 0.3 is 0 Å². The summed E-state index contributed by atoms with van der Waals surface area (Å²) in [6, 6.07) is 11.6. The summed E-state index contributed by atoms with van der Waals surface area (Å²) in [6.07, 6.45) is 1.83. The number of nitriles is 1. The first kappa shape index (κ1) is 22.5. The number of nitrogens with one attached hydrogen (secondary N) is 2. The van der Waals surface area contributed by atoms with E-state index in [0.29, 0.717) is 23.6 Å². The normalized spacial score (nSPS) is 15.4. The van der Waals surface area contributed by atoms with E-state index in [2.05, 4.69) is 20.5 Å². The summed E-state index contributed by atoms with van der Waals surface area (Å²) in [5, 5.41) is 15.5. The molecule has 0 radical (unpaired) electrons. The molecule has 164 valence electrons. The molecule has 0 amide bonds. The summed E-state index contributed by atoms with van der Waals surface area (Å²) < 4.78 is 32.8. The summed E-state index contributed by atoms with van der Waals surface area (Å²) >= 11 is 0. The van der Waals surface area contributed by atoms with Crippen molar-refractivity contribution in [2.24, 2.45) is 4.99 Å². The summed E-state index contributed by atoms with van der Waals surface area (Å²) in [7, 11) is 3.13. The van der Waals surface area contributed by atoms with Crippen LogP contribution >= 0.6 is 0 Å². The second kappa shape index (κ2) is 10.7. The molecule has 1 aliphatic rings. The van der Waals surface area contributed by atoms with Gasteiger partial charge < -0.3 is 15.4 Å². The molecule has 1 fully saturated rings. The maximum atomic E-state index is 14.0. The van der Waals surface area contributed by atoms with E-state index >= 15 is 0 Å². The summed E-state index contributed by atoms with van der Waals surface area (Å²) in [5.41, 5.74) is 1.76. The molecule has 0 bridgehead atoms. The SMILES string of the molecule is CN=C(NCc1cc(C#N)ccc1F)NC1CCN(Cc2ccc(OC)c(F)c2)CC1. The molecule has 1 saturated heterocycles. The molecule has 0 aliphatic carbocycles. The van der Waals surface area contributed by atoms with Gasteiger partial charge in [-0.1, -0.05) is 6.07 Å². The number of benzene rings is 2. The van der Waals surface area contributed by atoms with E-state index in [0.717, 1.165) is 31.5 Å². The van der Waals surface area contributed by atoms with E-state index in [1.807, 2.05) is 12.1 Å². The predicted molar refractivity (Wildman–Crippen MR) is 116 cm³/mol. The number of piperidine rings is 1. The standard InChI is InChI=1S/C23H27F2N5O/c1-27-23(28-14-18-11-16(13-26)3-5-20(18)24)29-19-7-9-30(10-8-19)15-17-4-6-22(31-2)21(25)12-17/h3-6,11-12,19H,7-10,14-15H2,1-2H3,(H2,27,28,29). The number of hydrogen-bond donors (Lipinski definition) is 2. The molecule has 2 aromatic carbocycles. The van der Waals surface area contributed by atoms with Crippen molar-refractivity contribution in [1.82, 2.24) is 15.5 Å². The lowest BCUT2D eigenvalue weighted by molar-refractivity contribution is 0.198. The van der Waals surface area contributed by atoms with Crippen molar-refractivity contribution in [2.45, 2.75) is 32.0 Å². The van der Waals surface area contributed by atoms with Gasteiger partial charge in [-0.15, -0.1) is 0 Å². The summed E-state index contributed by atoms with van der Waals surface area (Å²) in [4.78, 5) is 6.51. The van der Waals surface area contributed by atoms with Crippen LogP contribution in [0.15, 0.2) is 41.4 Å². The summed E-state index contributed by atoms with van der Waals surface area (Å²) in [5.74, 6) is 0.149. The Morgan fingerprint density at radius 2 is 1.97 bits per heavy atom. The molecule has 0 atom stereocenters.